The van der Waals surface area contributed by atoms with Crippen molar-refractivity contribution >= 4 is 0 Å². The Kier molecular flexibility index (Phi) is 3.08. The first kappa shape index (κ1) is 5.92. The maximum Gasteiger partial charge on any atom is 0.0972 e. The Morgan fingerprint density at radius 3 is 2.33 bits per heavy atom. The van der Waals surface area contributed by atoms with E-state index in [0.717, 1.165) is 0 Å². The summed E-state index contributed by atoms with van der Waals surface area (Å²) in [5.74, 6) is 0. The Morgan fingerprint density at radius 1 is 1.83 bits per heavy atom. The first-order valence-corrected chi connectivity index (χ1v) is 2.06. The molecule has 0 aliphatic rings. The molecule has 0 saturated heterocycles. The van der Waals surface area contributed by atoms with Gasteiger partial charge in [-0.3, -0.25) is 0 Å². The van der Waals surface area contributed by atoms with Gasteiger partial charge in [0.1, 0.15) is 0 Å². The van der Waals surface area contributed by atoms with Gasteiger partial charge in [0.2, 0.25) is 0 Å². The molecule has 0 aromatic heterocycles. The number of hydrogen-bond donors (Lipinski definition) is 1. The van der Waals surface area contributed by atoms with E-state index in [9.17, 15) is 5.11 Å². The molecule has 0 aliphatic heterocycles. The molecule has 0 aromatic carbocycles. The van der Waals surface area contributed by atoms with Crippen molar-refractivity contribution in [3.05, 3.63) is 0 Å². The highest BCUT2D eigenvalue weighted by Crippen LogP contribution is 1.71. The molecule has 1 radical (unpaired) electrons. The zero-order valence-corrected chi connectivity index (χ0v) is 4.19. The summed E-state index contributed by atoms with van der Waals surface area (Å²) in [6.07, 6.45) is 0. The van der Waals surface area contributed by atoms with E-state index in [1.807, 2.05) is 6.92 Å². The molecule has 0 aromatic rings. The van der Waals surface area contributed by atoms with E-state index in [0.29, 0.717) is 0 Å². The quantitative estimate of drug-likeness (QED) is 0.507. The highest BCUT2D eigenvalue weighted by Gasteiger charge is 1.90. The average molecular weight is 88.1 g/mol. The van der Waals surface area contributed by atoms with E-state index in [2.05, 4.69) is 5.32 Å². The normalized spacial score (nSPS) is 14.5. The highest BCUT2D eigenvalue weighted by molar-refractivity contribution is 4.49. The van der Waals surface area contributed by atoms with Gasteiger partial charge in [0, 0.05) is 6.04 Å². The minimum Gasteiger partial charge on any atom is -0.315 e. The van der Waals surface area contributed by atoms with Crippen LogP contribution in [0, 0.1) is 0 Å². The standard InChI is InChI=1S/C4H10NO/c1-4(3-6)5-2/h4-5H,3H2,1-2H3. The van der Waals surface area contributed by atoms with Crippen LogP contribution in [-0.4, -0.2) is 19.7 Å². The molecule has 0 fully saturated rings. The summed E-state index contributed by atoms with van der Waals surface area (Å²) < 4.78 is 0. The van der Waals surface area contributed by atoms with Gasteiger partial charge in [-0.1, -0.05) is 0 Å². The molecule has 2 heteroatoms. The topological polar surface area (TPSA) is 31.9 Å². The van der Waals surface area contributed by atoms with Gasteiger partial charge in [0.15, 0.2) is 0 Å². The summed E-state index contributed by atoms with van der Waals surface area (Å²) >= 11 is 0. The van der Waals surface area contributed by atoms with Crippen LogP contribution in [0.1, 0.15) is 6.92 Å². The molecule has 37 valence electrons. The van der Waals surface area contributed by atoms with E-state index in [1.165, 1.54) is 0 Å². The van der Waals surface area contributed by atoms with Crippen molar-refractivity contribution in [1.82, 2.24) is 5.32 Å². The second-order valence-corrected chi connectivity index (χ2v) is 1.36. The average Bonchev–Trinajstić information content (AvgIpc) is 1.65. The van der Waals surface area contributed by atoms with E-state index in [-0.39, 0.29) is 12.6 Å². The van der Waals surface area contributed by atoms with Crippen molar-refractivity contribution in [2.45, 2.75) is 13.0 Å². The maximum atomic E-state index is 9.80. The Balaban J connectivity index is 2.75. The molecule has 0 amide bonds. The second kappa shape index (κ2) is 3.12. The van der Waals surface area contributed by atoms with Crippen LogP contribution in [0.25, 0.3) is 0 Å². The molecule has 0 saturated carbocycles. The Bertz CT molecular complexity index is 26.7. The van der Waals surface area contributed by atoms with E-state index in [4.69, 9.17) is 0 Å². The summed E-state index contributed by atoms with van der Waals surface area (Å²) in [6, 6.07) is 0.130. The van der Waals surface area contributed by atoms with Gasteiger partial charge < -0.3 is 5.32 Å². The van der Waals surface area contributed by atoms with Crippen LogP contribution in [-0.2, 0) is 5.11 Å². The van der Waals surface area contributed by atoms with Crippen molar-refractivity contribution in [3.63, 3.8) is 0 Å². The summed E-state index contributed by atoms with van der Waals surface area (Å²) in [4.78, 5) is 0. The molecule has 2 nitrogen and oxygen atoms in total. The Hall–Kier alpha value is -0.0800. The van der Waals surface area contributed by atoms with Gasteiger partial charge in [-0.15, -0.1) is 0 Å². The van der Waals surface area contributed by atoms with Crippen LogP contribution in [0.5, 0.6) is 0 Å². The number of likely N-dealkylation sites (N-methyl/N-ethyl adjacent to an activating group) is 1. The van der Waals surface area contributed by atoms with Gasteiger partial charge in [-0.05, 0) is 14.0 Å². The van der Waals surface area contributed by atoms with Crippen LogP contribution in [0.3, 0.4) is 0 Å². The lowest BCUT2D eigenvalue weighted by molar-refractivity contribution is 0.168. The fourth-order valence-electron chi connectivity index (χ4n) is 0.0833. The first-order chi connectivity index (χ1) is 2.81. The highest BCUT2D eigenvalue weighted by atomic mass is 16.3. The third-order valence-electron chi connectivity index (χ3n) is 0.743. The molecule has 6 heavy (non-hydrogen) atoms. The van der Waals surface area contributed by atoms with Gasteiger partial charge >= 0.3 is 0 Å². The summed E-state index contributed by atoms with van der Waals surface area (Å²) in [5, 5.41) is 12.6. The molecule has 0 rings (SSSR count). The smallest absolute Gasteiger partial charge is 0.0972 e. The van der Waals surface area contributed by atoms with E-state index < -0.39 is 0 Å². The van der Waals surface area contributed by atoms with Crippen molar-refractivity contribution in [1.29, 1.82) is 0 Å². The monoisotopic (exact) mass is 88.1 g/mol. The molecular weight excluding hydrogens is 78.0 g/mol. The van der Waals surface area contributed by atoms with Crippen LogP contribution in [0.4, 0.5) is 0 Å². The van der Waals surface area contributed by atoms with Gasteiger partial charge in [0.05, 0.1) is 6.61 Å². The third kappa shape index (κ3) is 2.18. The molecule has 0 heterocycles. The van der Waals surface area contributed by atoms with E-state index in [1.54, 1.807) is 7.05 Å². The van der Waals surface area contributed by atoms with Crippen molar-refractivity contribution in [3.8, 4) is 0 Å². The van der Waals surface area contributed by atoms with Crippen LogP contribution >= 0.6 is 0 Å². The fourth-order valence-corrected chi connectivity index (χ4v) is 0.0833. The lowest BCUT2D eigenvalue weighted by atomic mass is 10.4. The summed E-state index contributed by atoms with van der Waals surface area (Å²) in [6.45, 7) is 1.82. The zero-order valence-electron chi connectivity index (χ0n) is 4.19. The number of nitrogens with one attached hydrogen (secondary N) is 1. The van der Waals surface area contributed by atoms with Crippen LogP contribution in [0.2, 0.25) is 0 Å². The van der Waals surface area contributed by atoms with E-state index >= 15 is 0 Å². The van der Waals surface area contributed by atoms with Crippen molar-refractivity contribution < 1.29 is 5.11 Å². The van der Waals surface area contributed by atoms with Crippen LogP contribution < -0.4 is 5.32 Å². The zero-order chi connectivity index (χ0) is 4.99. The number of rotatable bonds is 2. The molecule has 1 atom stereocenters. The molecule has 1 unspecified atom stereocenters. The predicted octanol–water partition coefficient (Wildman–Crippen LogP) is 0.0248. The van der Waals surface area contributed by atoms with Gasteiger partial charge in [-0.2, -0.15) is 0 Å². The van der Waals surface area contributed by atoms with Crippen molar-refractivity contribution in [2.75, 3.05) is 13.7 Å². The number of hydrogen-bond acceptors (Lipinski definition) is 1. The Morgan fingerprint density at radius 2 is 2.33 bits per heavy atom. The molecule has 0 aliphatic carbocycles. The van der Waals surface area contributed by atoms with Crippen LogP contribution in [0.15, 0.2) is 0 Å². The predicted molar refractivity (Wildman–Crippen MR) is 24.1 cm³/mol. The Labute approximate surface area is 38.2 Å². The summed E-state index contributed by atoms with van der Waals surface area (Å²) in [7, 11) is 1.78. The first-order valence-electron chi connectivity index (χ1n) is 2.06. The molecule has 0 bridgehead atoms. The fraction of sp³-hybridized carbons (Fsp3) is 1.00. The SMILES string of the molecule is CNC(C)C[O]. The molecule has 0 spiro atoms. The summed E-state index contributed by atoms with van der Waals surface area (Å²) in [5.41, 5.74) is 0. The molecular formula is C4H10NO. The third-order valence-corrected chi connectivity index (χ3v) is 0.743. The second-order valence-electron chi connectivity index (χ2n) is 1.36. The van der Waals surface area contributed by atoms with Gasteiger partial charge in [0.25, 0.3) is 0 Å². The largest absolute Gasteiger partial charge is 0.315 e. The lowest BCUT2D eigenvalue weighted by Crippen LogP contribution is -2.23. The van der Waals surface area contributed by atoms with Gasteiger partial charge in [-0.25, -0.2) is 5.11 Å². The maximum absolute atomic E-state index is 9.80. The minimum absolute atomic E-state index is 0.0312. The molecule has 1 N–H and O–H groups in total. The minimum atomic E-state index is -0.0312. The lowest BCUT2D eigenvalue weighted by Gasteiger charge is -1.99. The van der Waals surface area contributed by atoms with Crippen molar-refractivity contribution in [2.24, 2.45) is 0 Å².